The van der Waals surface area contributed by atoms with E-state index >= 15 is 0 Å². The highest BCUT2D eigenvalue weighted by molar-refractivity contribution is 7.90. The van der Waals surface area contributed by atoms with E-state index in [4.69, 9.17) is 4.74 Å². The van der Waals surface area contributed by atoms with E-state index in [0.29, 0.717) is 48.8 Å². The Kier molecular flexibility index (Phi) is 6.39. The molecule has 0 radical (unpaired) electrons. The highest BCUT2D eigenvalue weighted by Gasteiger charge is 2.44. The molecule has 1 unspecified atom stereocenters. The zero-order valence-corrected chi connectivity index (χ0v) is 23.7. The van der Waals surface area contributed by atoms with Gasteiger partial charge in [-0.05, 0) is 43.4 Å². The average molecular weight is 562 g/mol. The molecular weight excluding hydrogens is 530 g/mol. The number of benzene rings is 1. The maximum atomic E-state index is 12.8. The molecule has 0 fully saturated rings. The molecule has 2 aromatic heterocycles. The summed E-state index contributed by atoms with van der Waals surface area (Å²) in [5, 5.41) is 14.2. The number of aromatic nitrogens is 4. The number of fused-ring (bicyclic) bond motifs is 4. The van der Waals surface area contributed by atoms with E-state index in [1.54, 1.807) is 20.2 Å². The maximum absolute atomic E-state index is 12.8. The second kappa shape index (κ2) is 9.67. The number of anilines is 1. The number of nitrogens with zero attached hydrogens (tertiary/aromatic N) is 7. The Morgan fingerprint density at radius 2 is 2.02 bits per heavy atom. The summed E-state index contributed by atoms with van der Waals surface area (Å²) < 4.78 is 34.0. The number of hydrogen-bond donors (Lipinski definition) is 0. The third-order valence-electron chi connectivity index (χ3n) is 8.02. The Morgan fingerprint density at radius 3 is 2.77 bits per heavy atom. The van der Waals surface area contributed by atoms with Crippen molar-refractivity contribution in [3.05, 3.63) is 63.6 Å². The second-order valence-electron chi connectivity index (χ2n) is 11.0. The van der Waals surface area contributed by atoms with Crippen LogP contribution in [0, 0.1) is 11.3 Å². The number of rotatable bonds is 3. The fraction of sp³-hybridized carbons (Fsp3) is 0.464. The van der Waals surface area contributed by atoms with Gasteiger partial charge in [0.15, 0.2) is 5.69 Å². The minimum absolute atomic E-state index is 0.172. The van der Waals surface area contributed by atoms with E-state index in [1.165, 1.54) is 4.90 Å². The van der Waals surface area contributed by atoms with Crippen molar-refractivity contribution in [1.29, 1.82) is 5.26 Å². The van der Waals surface area contributed by atoms with Gasteiger partial charge in [0.05, 0.1) is 36.2 Å². The minimum atomic E-state index is -3.71. The van der Waals surface area contributed by atoms with Crippen LogP contribution in [0.4, 0.5) is 5.82 Å². The predicted molar refractivity (Wildman–Crippen MR) is 145 cm³/mol. The summed E-state index contributed by atoms with van der Waals surface area (Å²) in [4.78, 5) is 25.2. The molecular formula is C28H31N7O4S. The van der Waals surface area contributed by atoms with Crippen molar-refractivity contribution < 1.29 is 17.9 Å². The molecule has 1 aromatic carbocycles. The third kappa shape index (κ3) is 4.43. The summed E-state index contributed by atoms with van der Waals surface area (Å²) in [6.07, 6.45) is 4.70. The van der Waals surface area contributed by atoms with Crippen LogP contribution >= 0.6 is 0 Å². The molecule has 6 rings (SSSR count). The molecule has 40 heavy (non-hydrogen) atoms. The van der Waals surface area contributed by atoms with E-state index in [0.717, 1.165) is 54.3 Å². The summed E-state index contributed by atoms with van der Waals surface area (Å²) >= 11 is 0. The van der Waals surface area contributed by atoms with Crippen LogP contribution in [0.2, 0.25) is 0 Å². The second-order valence-corrected chi connectivity index (χ2v) is 12.9. The van der Waals surface area contributed by atoms with Gasteiger partial charge in [-0.3, -0.25) is 9.48 Å². The highest BCUT2D eigenvalue weighted by Crippen LogP contribution is 2.47. The van der Waals surface area contributed by atoms with Gasteiger partial charge in [0.1, 0.15) is 11.4 Å². The first kappa shape index (κ1) is 26.4. The van der Waals surface area contributed by atoms with Crippen molar-refractivity contribution in [2.24, 2.45) is 0 Å². The zero-order chi connectivity index (χ0) is 28.2. The molecule has 1 amide bonds. The van der Waals surface area contributed by atoms with Gasteiger partial charge in [0.25, 0.3) is 5.91 Å². The SMILES string of the molecule is CN(C)C(=O)c1cc2n(n1)CCCN(c1nc(S(C)(=O)=O)nc3c1COC1(CCCc4cccc(C#N)c41)C3)C2. The molecule has 3 aromatic rings. The lowest BCUT2D eigenvalue weighted by molar-refractivity contribution is -0.0857. The summed E-state index contributed by atoms with van der Waals surface area (Å²) in [5.41, 5.74) is 4.45. The number of carbonyl (C=O) groups excluding carboxylic acids is 1. The Morgan fingerprint density at radius 1 is 1.20 bits per heavy atom. The first-order chi connectivity index (χ1) is 19.1. The van der Waals surface area contributed by atoms with Crippen LogP contribution in [-0.2, 0) is 52.7 Å². The lowest BCUT2D eigenvalue weighted by atomic mass is 9.73. The molecule has 208 valence electrons. The van der Waals surface area contributed by atoms with Crippen molar-refractivity contribution in [1.82, 2.24) is 24.6 Å². The molecule has 12 heteroatoms. The van der Waals surface area contributed by atoms with Crippen molar-refractivity contribution in [3.8, 4) is 6.07 Å². The van der Waals surface area contributed by atoms with Crippen LogP contribution in [0.3, 0.4) is 0 Å². The Labute approximate surface area is 233 Å². The molecule has 0 saturated carbocycles. The molecule has 0 N–H and O–H groups in total. The van der Waals surface area contributed by atoms with Crippen LogP contribution in [0.25, 0.3) is 0 Å². The van der Waals surface area contributed by atoms with Gasteiger partial charge in [-0.1, -0.05) is 12.1 Å². The number of aryl methyl sites for hydroxylation is 2. The molecule has 1 spiro atoms. The molecule has 11 nitrogen and oxygen atoms in total. The number of sulfone groups is 1. The standard InChI is InChI=1S/C28H31N7O4S/c1-33(2)26(36)22-13-20-16-34(11-6-12-35(20)32-22)25-21-17-39-28(14-23(21)30-27(31-25)40(3,37)38)10-5-9-18-7-4-8-19(15-29)24(18)28/h4,7-8,13H,5-6,9-12,14,16-17H2,1-3H3. The van der Waals surface area contributed by atoms with E-state index in [2.05, 4.69) is 21.1 Å². The Bertz CT molecular complexity index is 1670. The largest absolute Gasteiger partial charge is 0.365 e. The van der Waals surface area contributed by atoms with Crippen LogP contribution in [0.1, 0.15) is 63.4 Å². The summed E-state index contributed by atoms with van der Waals surface area (Å²) in [7, 11) is -0.328. The number of ether oxygens (including phenoxy) is 1. The number of amides is 1. The maximum Gasteiger partial charge on any atom is 0.273 e. The molecule has 1 atom stereocenters. The first-order valence-electron chi connectivity index (χ1n) is 13.4. The zero-order valence-electron chi connectivity index (χ0n) is 22.8. The van der Waals surface area contributed by atoms with Gasteiger partial charge in [-0.2, -0.15) is 10.4 Å². The number of carbonyl (C=O) groups is 1. The molecule has 3 aliphatic rings. The van der Waals surface area contributed by atoms with Crippen molar-refractivity contribution in [2.75, 3.05) is 31.8 Å². The van der Waals surface area contributed by atoms with Crippen LogP contribution in [0.15, 0.2) is 29.4 Å². The van der Waals surface area contributed by atoms with Crippen LogP contribution < -0.4 is 4.90 Å². The molecule has 0 saturated heterocycles. The fourth-order valence-electron chi connectivity index (χ4n) is 6.18. The Hall–Kier alpha value is -3.82. The topological polar surface area (TPSA) is 134 Å². The van der Waals surface area contributed by atoms with Gasteiger partial charge < -0.3 is 14.5 Å². The summed E-state index contributed by atoms with van der Waals surface area (Å²) in [5.74, 6) is 0.356. The normalized spacial score (nSPS) is 20.2. The highest BCUT2D eigenvalue weighted by atomic mass is 32.2. The van der Waals surface area contributed by atoms with E-state index < -0.39 is 15.4 Å². The number of hydrogen-bond acceptors (Lipinski definition) is 9. The Balaban J connectivity index is 1.43. The van der Waals surface area contributed by atoms with Crippen molar-refractivity contribution in [3.63, 3.8) is 0 Å². The molecule has 2 aliphatic heterocycles. The van der Waals surface area contributed by atoms with Gasteiger partial charge in [-0.25, -0.2) is 18.4 Å². The summed E-state index contributed by atoms with van der Waals surface area (Å²) in [6, 6.07) is 9.88. The smallest absolute Gasteiger partial charge is 0.273 e. The third-order valence-corrected chi connectivity index (χ3v) is 8.87. The fourth-order valence-corrected chi connectivity index (χ4v) is 6.70. The quantitative estimate of drug-likeness (QED) is 0.442. The molecule has 0 bridgehead atoms. The molecule has 1 aliphatic carbocycles. The first-order valence-corrected chi connectivity index (χ1v) is 15.3. The lowest BCUT2D eigenvalue weighted by Gasteiger charge is -2.43. The lowest BCUT2D eigenvalue weighted by Crippen LogP contribution is -2.41. The van der Waals surface area contributed by atoms with Crippen molar-refractivity contribution >= 4 is 21.6 Å². The van der Waals surface area contributed by atoms with Gasteiger partial charge in [0.2, 0.25) is 15.0 Å². The van der Waals surface area contributed by atoms with Gasteiger partial charge >= 0.3 is 0 Å². The van der Waals surface area contributed by atoms with E-state index in [9.17, 15) is 18.5 Å². The average Bonchev–Trinajstić information content (AvgIpc) is 3.22. The summed E-state index contributed by atoms with van der Waals surface area (Å²) in [6.45, 7) is 1.87. The minimum Gasteiger partial charge on any atom is -0.365 e. The number of nitriles is 1. The van der Waals surface area contributed by atoms with Gasteiger partial charge in [0, 0.05) is 51.0 Å². The van der Waals surface area contributed by atoms with Crippen molar-refractivity contribution in [2.45, 2.75) is 62.6 Å². The molecule has 4 heterocycles. The van der Waals surface area contributed by atoms with E-state index in [1.807, 2.05) is 27.8 Å². The van der Waals surface area contributed by atoms with Crippen LogP contribution in [-0.4, -0.2) is 65.9 Å². The van der Waals surface area contributed by atoms with Gasteiger partial charge in [-0.15, -0.1) is 0 Å². The monoisotopic (exact) mass is 561 g/mol. The predicted octanol–water partition coefficient (Wildman–Crippen LogP) is 2.36. The van der Waals surface area contributed by atoms with E-state index in [-0.39, 0.29) is 17.7 Å². The van der Waals surface area contributed by atoms with Crippen LogP contribution in [0.5, 0.6) is 0 Å².